The Balaban J connectivity index is 1.44. The van der Waals surface area contributed by atoms with Crippen molar-refractivity contribution in [3.8, 4) is 11.5 Å². The number of para-hydroxylation sites is 1. The van der Waals surface area contributed by atoms with Crippen molar-refractivity contribution in [2.45, 2.75) is 18.6 Å². The Labute approximate surface area is 153 Å². The van der Waals surface area contributed by atoms with Crippen molar-refractivity contribution in [1.29, 1.82) is 0 Å². The van der Waals surface area contributed by atoms with Crippen molar-refractivity contribution < 1.29 is 4.42 Å². The number of aromatic nitrogens is 4. The molecule has 2 aromatic carbocycles. The zero-order valence-electron chi connectivity index (χ0n) is 14.1. The summed E-state index contributed by atoms with van der Waals surface area (Å²) >= 11 is 1.45. The van der Waals surface area contributed by atoms with Crippen LogP contribution in [-0.4, -0.2) is 25.9 Å². The number of fused-ring (bicyclic) bond motifs is 1. The van der Waals surface area contributed by atoms with Gasteiger partial charge in [0, 0.05) is 17.7 Å². The van der Waals surface area contributed by atoms with Gasteiger partial charge in [0.1, 0.15) is 5.82 Å². The summed E-state index contributed by atoms with van der Waals surface area (Å²) in [6.45, 7) is 2.01. The molecule has 0 atom stereocenters. The van der Waals surface area contributed by atoms with Gasteiger partial charge in [0.2, 0.25) is 5.89 Å². The van der Waals surface area contributed by atoms with E-state index in [0.717, 1.165) is 11.1 Å². The number of aromatic amines is 1. The van der Waals surface area contributed by atoms with E-state index in [1.807, 2.05) is 49.4 Å². The molecule has 6 nitrogen and oxygen atoms in total. The Bertz CT molecular complexity index is 1120. The summed E-state index contributed by atoms with van der Waals surface area (Å²) in [5, 5.41) is 9.31. The van der Waals surface area contributed by atoms with Crippen LogP contribution in [0.5, 0.6) is 0 Å². The number of nitrogens with zero attached hydrogens (tertiary/aromatic N) is 3. The van der Waals surface area contributed by atoms with Gasteiger partial charge in [-0.15, -0.1) is 10.2 Å². The average molecular weight is 364 g/mol. The van der Waals surface area contributed by atoms with Crippen LogP contribution in [-0.2, 0) is 6.42 Å². The number of nitrogens with one attached hydrogen (secondary N) is 1. The molecule has 0 spiro atoms. The molecule has 4 aromatic rings. The van der Waals surface area contributed by atoms with Gasteiger partial charge in [-0.3, -0.25) is 4.79 Å². The summed E-state index contributed by atoms with van der Waals surface area (Å²) < 4.78 is 5.73. The standard InChI is InChI=1S/C19H16N4O2S/c1-12-6-2-3-7-13(12)18-22-23-19(25-18)26-11-10-16-20-15-9-5-4-8-14(15)17(24)21-16/h2-9H,10-11H2,1H3,(H,20,21,24). The third-order valence-corrected chi connectivity index (χ3v) is 4.83. The molecule has 4 rings (SSSR count). The lowest BCUT2D eigenvalue weighted by Crippen LogP contribution is -2.12. The highest BCUT2D eigenvalue weighted by molar-refractivity contribution is 7.99. The topological polar surface area (TPSA) is 84.7 Å². The van der Waals surface area contributed by atoms with E-state index < -0.39 is 0 Å². The average Bonchev–Trinajstić information content (AvgIpc) is 3.11. The molecule has 0 aliphatic heterocycles. The molecule has 0 saturated heterocycles. The van der Waals surface area contributed by atoms with Crippen LogP contribution in [0.2, 0.25) is 0 Å². The highest BCUT2D eigenvalue weighted by atomic mass is 32.2. The minimum absolute atomic E-state index is 0.116. The second kappa shape index (κ2) is 7.13. The highest BCUT2D eigenvalue weighted by Crippen LogP contribution is 2.25. The number of thioether (sulfide) groups is 1. The Hall–Kier alpha value is -2.93. The lowest BCUT2D eigenvalue weighted by molar-refractivity contribution is 0.465. The second-order valence-electron chi connectivity index (χ2n) is 5.82. The van der Waals surface area contributed by atoms with E-state index in [1.54, 1.807) is 6.07 Å². The van der Waals surface area contributed by atoms with Crippen LogP contribution >= 0.6 is 11.8 Å². The summed E-state index contributed by atoms with van der Waals surface area (Å²) in [7, 11) is 0. The molecular formula is C19H16N4O2S. The van der Waals surface area contributed by atoms with Crippen molar-refractivity contribution in [2.24, 2.45) is 0 Å². The first kappa shape index (κ1) is 16.5. The third kappa shape index (κ3) is 3.39. The Kier molecular flexibility index (Phi) is 4.53. The van der Waals surface area contributed by atoms with Gasteiger partial charge in [0.15, 0.2) is 0 Å². The van der Waals surface area contributed by atoms with Gasteiger partial charge in [-0.1, -0.05) is 42.1 Å². The smallest absolute Gasteiger partial charge is 0.276 e. The number of hydrogen-bond acceptors (Lipinski definition) is 6. The first-order valence-electron chi connectivity index (χ1n) is 8.21. The number of H-pyrrole nitrogens is 1. The van der Waals surface area contributed by atoms with Crippen molar-refractivity contribution in [3.05, 3.63) is 70.3 Å². The molecule has 2 heterocycles. The predicted octanol–water partition coefficient (Wildman–Crippen LogP) is 3.62. The lowest BCUT2D eigenvalue weighted by atomic mass is 10.1. The van der Waals surface area contributed by atoms with E-state index in [9.17, 15) is 4.79 Å². The molecule has 7 heteroatoms. The van der Waals surface area contributed by atoms with Gasteiger partial charge in [-0.05, 0) is 30.7 Å². The Morgan fingerprint density at radius 2 is 1.88 bits per heavy atom. The van der Waals surface area contributed by atoms with Gasteiger partial charge < -0.3 is 9.40 Å². The summed E-state index contributed by atoms with van der Waals surface area (Å²) in [4.78, 5) is 19.4. The van der Waals surface area contributed by atoms with Crippen LogP contribution in [0, 0.1) is 6.92 Å². The zero-order chi connectivity index (χ0) is 17.9. The number of aryl methyl sites for hydroxylation is 2. The minimum atomic E-state index is -0.116. The summed E-state index contributed by atoms with van der Waals surface area (Å²) in [5.74, 6) is 1.85. The monoisotopic (exact) mass is 364 g/mol. The minimum Gasteiger partial charge on any atom is -0.411 e. The summed E-state index contributed by atoms with van der Waals surface area (Å²) in [6, 6.07) is 15.2. The molecule has 0 aliphatic carbocycles. The van der Waals surface area contributed by atoms with E-state index in [2.05, 4.69) is 20.2 Å². The van der Waals surface area contributed by atoms with Gasteiger partial charge >= 0.3 is 0 Å². The first-order chi connectivity index (χ1) is 12.7. The fraction of sp³-hybridized carbons (Fsp3) is 0.158. The molecule has 26 heavy (non-hydrogen) atoms. The van der Waals surface area contributed by atoms with E-state index in [0.29, 0.717) is 40.0 Å². The third-order valence-electron chi connectivity index (χ3n) is 4.01. The molecule has 0 unspecified atom stereocenters. The molecule has 0 radical (unpaired) electrons. The molecule has 0 saturated carbocycles. The molecule has 2 aromatic heterocycles. The Morgan fingerprint density at radius 1 is 1.08 bits per heavy atom. The summed E-state index contributed by atoms with van der Waals surface area (Å²) in [5.41, 5.74) is 2.61. The molecule has 1 N–H and O–H groups in total. The fourth-order valence-electron chi connectivity index (χ4n) is 2.68. The van der Waals surface area contributed by atoms with Gasteiger partial charge in [-0.2, -0.15) is 0 Å². The van der Waals surface area contributed by atoms with Crippen LogP contribution in [0.4, 0.5) is 0 Å². The van der Waals surface area contributed by atoms with Crippen LogP contribution in [0.15, 0.2) is 63.0 Å². The molecule has 0 fully saturated rings. The molecule has 0 bridgehead atoms. The van der Waals surface area contributed by atoms with Gasteiger partial charge in [-0.25, -0.2) is 4.98 Å². The zero-order valence-corrected chi connectivity index (χ0v) is 14.9. The number of rotatable bonds is 5. The molecule has 0 aliphatic rings. The molecule has 0 amide bonds. The maximum Gasteiger partial charge on any atom is 0.276 e. The number of hydrogen-bond donors (Lipinski definition) is 1. The van der Waals surface area contributed by atoms with Crippen LogP contribution < -0.4 is 5.56 Å². The number of benzene rings is 2. The first-order valence-corrected chi connectivity index (χ1v) is 9.19. The normalized spacial score (nSPS) is 11.1. The van der Waals surface area contributed by atoms with E-state index in [1.165, 1.54) is 11.8 Å². The van der Waals surface area contributed by atoms with E-state index in [-0.39, 0.29) is 5.56 Å². The second-order valence-corrected chi connectivity index (χ2v) is 6.86. The quantitative estimate of drug-likeness (QED) is 0.545. The maximum atomic E-state index is 12.1. The van der Waals surface area contributed by atoms with Crippen molar-refractivity contribution >= 4 is 22.7 Å². The predicted molar refractivity (Wildman–Crippen MR) is 101 cm³/mol. The molecular weight excluding hydrogens is 348 g/mol. The fourth-order valence-corrected chi connectivity index (χ4v) is 3.38. The Morgan fingerprint density at radius 3 is 2.77 bits per heavy atom. The van der Waals surface area contributed by atoms with Gasteiger partial charge in [0.05, 0.1) is 10.9 Å². The van der Waals surface area contributed by atoms with Crippen molar-refractivity contribution in [3.63, 3.8) is 0 Å². The van der Waals surface area contributed by atoms with Crippen molar-refractivity contribution in [2.75, 3.05) is 5.75 Å². The SMILES string of the molecule is Cc1ccccc1-c1nnc(SCCc2nc3ccccc3c(=O)[nH]2)o1. The van der Waals surface area contributed by atoms with E-state index in [4.69, 9.17) is 4.42 Å². The molecule has 130 valence electrons. The summed E-state index contributed by atoms with van der Waals surface area (Å²) in [6.07, 6.45) is 0.604. The van der Waals surface area contributed by atoms with Gasteiger partial charge in [0.25, 0.3) is 10.8 Å². The van der Waals surface area contributed by atoms with Crippen LogP contribution in [0.1, 0.15) is 11.4 Å². The lowest BCUT2D eigenvalue weighted by Gasteiger charge is -2.02. The largest absolute Gasteiger partial charge is 0.411 e. The maximum absolute atomic E-state index is 12.1. The van der Waals surface area contributed by atoms with Crippen LogP contribution in [0.25, 0.3) is 22.4 Å². The van der Waals surface area contributed by atoms with Crippen molar-refractivity contribution in [1.82, 2.24) is 20.2 Å². The highest BCUT2D eigenvalue weighted by Gasteiger charge is 2.11. The van der Waals surface area contributed by atoms with Crippen LogP contribution in [0.3, 0.4) is 0 Å². The van der Waals surface area contributed by atoms with E-state index >= 15 is 0 Å².